The third kappa shape index (κ3) is 2.64. The SMILES string of the molecule is CCN(C(=O)C1CCC(C)O1)c1cccc(N)c1. The van der Waals surface area contributed by atoms with Crippen molar-refractivity contribution in [2.45, 2.75) is 38.9 Å². The Morgan fingerprint density at radius 3 is 2.83 bits per heavy atom. The molecule has 2 atom stereocenters. The number of anilines is 2. The second kappa shape index (κ2) is 5.40. The number of carbonyl (C=O) groups excluding carboxylic acids is 1. The molecule has 0 spiro atoms. The minimum Gasteiger partial charge on any atom is -0.399 e. The van der Waals surface area contributed by atoms with E-state index in [9.17, 15) is 4.79 Å². The topological polar surface area (TPSA) is 55.6 Å². The molecule has 18 heavy (non-hydrogen) atoms. The van der Waals surface area contributed by atoms with Gasteiger partial charge in [0.1, 0.15) is 6.10 Å². The smallest absolute Gasteiger partial charge is 0.256 e. The number of nitrogens with zero attached hydrogens (tertiary/aromatic N) is 1. The zero-order valence-corrected chi connectivity index (χ0v) is 10.9. The summed E-state index contributed by atoms with van der Waals surface area (Å²) in [5.41, 5.74) is 7.26. The maximum Gasteiger partial charge on any atom is 0.256 e. The zero-order chi connectivity index (χ0) is 13.1. The summed E-state index contributed by atoms with van der Waals surface area (Å²) in [5, 5.41) is 0. The normalized spacial score (nSPS) is 23.0. The summed E-state index contributed by atoms with van der Waals surface area (Å²) in [7, 11) is 0. The number of rotatable bonds is 3. The van der Waals surface area contributed by atoms with Gasteiger partial charge in [-0.3, -0.25) is 4.79 Å². The number of ether oxygens (including phenoxy) is 1. The minimum absolute atomic E-state index is 0.0347. The van der Waals surface area contributed by atoms with Crippen LogP contribution in [0.15, 0.2) is 24.3 Å². The van der Waals surface area contributed by atoms with Crippen LogP contribution in [0.4, 0.5) is 11.4 Å². The average Bonchev–Trinajstić information content (AvgIpc) is 2.77. The molecule has 1 saturated heterocycles. The molecule has 1 aromatic rings. The molecule has 0 saturated carbocycles. The molecular weight excluding hydrogens is 228 g/mol. The predicted octanol–water partition coefficient (Wildman–Crippen LogP) is 2.19. The number of nitrogens with two attached hydrogens (primary N) is 1. The Hall–Kier alpha value is -1.55. The van der Waals surface area contributed by atoms with E-state index in [-0.39, 0.29) is 18.1 Å². The van der Waals surface area contributed by atoms with Crippen LogP contribution in [-0.4, -0.2) is 24.7 Å². The van der Waals surface area contributed by atoms with Crippen LogP contribution >= 0.6 is 0 Å². The van der Waals surface area contributed by atoms with Crippen LogP contribution in [0.2, 0.25) is 0 Å². The van der Waals surface area contributed by atoms with Crippen LogP contribution in [0.1, 0.15) is 26.7 Å². The van der Waals surface area contributed by atoms with Gasteiger partial charge in [-0.15, -0.1) is 0 Å². The predicted molar refractivity (Wildman–Crippen MR) is 72.5 cm³/mol. The van der Waals surface area contributed by atoms with Gasteiger partial charge in [0.05, 0.1) is 6.10 Å². The highest BCUT2D eigenvalue weighted by atomic mass is 16.5. The number of amides is 1. The Morgan fingerprint density at radius 2 is 2.28 bits per heavy atom. The molecule has 0 aromatic heterocycles. The van der Waals surface area contributed by atoms with Crippen molar-refractivity contribution < 1.29 is 9.53 Å². The quantitative estimate of drug-likeness (QED) is 0.834. The number of benzene rings is 1. The highest BCUT2D eigenvalue weighted by Gasteiger charge is 2.31. The van der Waals surface area contributed by atoms with Crippen molar-refractivity contribution in [3.05, 3.63) is 24.3 Å². The van der Waals surface area contributed by atoms with Crippen molar-refractivity contribution in [2.24, 2.45) is 0 Å². The van der Waals surface area contributed by atoms with E-state index in [1.807, 2.05) is 38.1 Å². The lowest BCUT2D eigenvalue weighted by molar-refractivity contribution is -0.128. The van der Waals surface area contributed by atoms with Crippen LogP contribution in [0.25, 0.3) is 0 Å². The van der Waals surface area contributed by atoms with E-state index in [1.54, 1.807) is 4.90 Å². The van der Waals surface area contributed by atoms with Crippen molar-refractivity contribution in [2.75, 3.05) is 17.2 Å². The van der Waals surface area contributed by atoms with Gasteiger partial charge in [0.15, 0.2) is 0 Å². The lowest BCUT2D eigenvalue weighted by Crippen LogP contribution is -2.39. The van der Waals surface area contributed by atoms with Gasteiger partial charge in [0.2, 0.25) is 0 Å². The maximum absolute atomic E-state index is 12.4. The first-order valence-corrected chi connectivity index (χ1v) is 6.44. The van der Waals surface area contributed by atoms with E-state index in [0.717, 1.165) is 18.5 Å². The molecular formula is C14H20N2O2. The minimum atomic E-state index is -0.304. The lowest BCUT2D eigenvalue weighted by atomic mass is 10.1. The number of carbonyl (C=O) groups is 1. The van der Waals surface area contributed by atoms with Crippen LogP contribution in [0.3, 0.4) is 0 Å². The first-order valence-electron chi connectivity index (χ1n) is 6.44. The molecule has 1 aliphatic heterocycles. The van der Waals surface area contributed by atoms with Gasteiger partial charge >= 0.3 is 0 Å². The van der Waals surface area contributed by atoms with E-state index in [1.165, 1.54) is 0 Å². The number of hydrogen-bond donors (Lipinski definition) is 1. The Kier molecular flexibility index (Phi) is 3.87. The third-order valence-electron chi connectivity index (χ3n) is 3.27. The molecule has 1 amide bonds. The fourth-order valence-electron chi connectivity index (χ4n) is 2.32. The molecule has 98 valence electrons. The van der Waals surface area contributed by atoms with Gasteiger partial charge in [-0.1, -0.05) is 6.07 Å². The molecule has 1 heterocycles. The molecule has 0 aliphatic carbocycles. The molecule has 1 aromatic carbocycles. The van der Waals surface area contributed by atoms with E-state index in [4.69, 9.17) is 10.5 Å². The average molecular weight is 248 g/mol. The molecule has 1 aliphatic rings. The third-order valence-corrected chi connectivity index (χ3v) is 3.27. The molecule has 0 radical (unpaired) electrons. The molecule has 1 fully saturated rings. The van der Waals surface area contributed by atoms with E-state index >= 15 is 0 Å². The van der Waals surface area contributed by atoms with Gasteiger partial charge in [-0.2, -0.15) is 0 Å². The molecule has 4 heteroatoms. The van der Waals surface area contributed by atoms with Crippen molar-refractivity contribution in [1.29, 1.82) is 0 Å². The summed E-state index contributed by atoms with van der Waals surface area (Å²) >= 11 is 0. The van der Waals surface area contributed by atoms with Gasteiger partial charge in [-0.05, 0) is 44.9 Å². The van der Waals surface area contributed by atoms with Gasteiger partial charge in [0.25, 0.3) is 5.91 Å². The second-order valence-corrected chi connectivity index (χ2v) is 4.69. The van der Waals surface area contributed by atoms with Crippen LogP contribution < -0.4 is 10.6 Å². The zero-order valence-electron chi connectivity index (χ0n) is 10.9. The summed E-state index contributed by atoms with van der Waals surface area (Å²) in [6.07, 6.45) is 1.63. The summed E-state index contributed by atoms with van der Waals surface area (Å²) in [4.78, 5) is 14.1. The monoisotopic (exact) mass is 248 g/mol. The maximum atomic E-state index is 12.4. The molecule has 0 bridgehead atoms. The van der Waals surface area contributed by atoms with Crippen LogP contribution in [-0.2, 0) is 9.53 Å². The summed E-state index contributed by atoms with van der Waals surface area (Å²) < 4.78 is 5.64. The molecule has 2 N–H and O–H groups in total. The van der Waals surface area contributed by atoms with Gasteiger partial charge in [0, 0.05) is 17.9 Å². The number of hydrogen-bond acceptors (Lipinski definition) is 3. The Bertz CT molecular complexity index is 434. The second-order valence-electron chi connectivity index (χ2n) is 4.69. The lowest BCUT2D eigenvalue weighted by Gasteiger charge is -2.24. The Labute approximate surface area is 108 Å². The van der Waals surface area contributed by atoms with E-state index in [0.29, 0.717) is 12.2 Å². The van der Waals surface area contributed by atoms with Crippen molar-refractivity contribution in [1.82, 2.24) is 0 Å². The summed E-state index contributed by atoms with van der Waals surface area (Å²) in [6.45, 7) is 4.58. The van der Waals surface area contributed by atoms with E-state index in [2.05, 4.69) is 0 Å². The largest absolute Gasteiger partial charge is 0.399 e. The first-order chi connectivity index (χ1) is 8.61. The van der Waals surface area contributed by atoms with Crippen molar-refractivity contribution >= 4 is 17.3 Å². The standard InChI is InChI=1S/C14H20N2O2/c1-3-16(12-6-4-5-11(15)9-12)14(17)13-8-7-10(2)18-13/h4-6,9-10,13H,3,7-8,15H2,1-2H3. The highest BCUT2D eigenvalue weighted by molar-refractivity contribution is 5.97. The Morgan fingerprint density at radius 1 is 1.50 bits per heavy atom. The number of nitrogen functional groups attached to an aromatic ring is 1. The molecule has 2 rings (SSSR count). The summed E-state index contributed by atoms with van der Waals surface area (Å²) in [5.74, 6) is 0.0347. The van der Waals surface area contributed by atoms with Crippen molar-refractivity contribution in [3.63, 3.8) is 0 Å². The Balaban J connectivity index is 2.15. The molecule has 2 unspecified atom stereocenters. The fraction of sp³-hybridized carbons (Fsp3) is 0.500. The fourth-order valence-corrected chi connectivity index (χ4v) is 2.32. The van der Waals surface area contributed by atoms with Crippen LogP contribution in [0.5, 0.6) is 0 Å². The van der Waals surface area contributed by atoms with E-state index < -0.39 is 0 Å². The van der Waals surface area contributed by atoms with Gasteiger partial charge < -0.3 is 15.4 Å². The summed E-state index contributed by atoms with van der Waals surface area (Å²) in [6, 6.07) is 7.39. The highest BCUT2D eigenvalue weighted by Crippen LogP contribution is 2.24. The van der Waals surface area contributed by atoms with Crippen LogP contribution in [0, 0.1) is 0 Å². The number of likely N-dealkylation sites (N-methyl/N-ethyl adjacent to an activating group) is 1. The van der Waals surface area contributed by atoms with Crippen molar-refractivity contribution in [3.8, 4) is 0 Å². The van der Waals surface area contributed by atoms with Gasteiger partial charge in [-0.25, -0.2) is 0 Å². The first kappa shape index (κ1) is 12.9. The molecule has 4 nitrogen and oxygen atoms in total.